The van der Waals surface area contributed by atoms with Crippen molar-refractivity contribution in [2.75, 3.05) is 37.9 Å². The van der Waals surface area contributed by atoms with E-state index < -0.39 is 0 Å². The largest absolute Gasteiger partial charge is 0.378 e. The highest BCUT2D eigenvalue weighted by molar-refractivity contribution is 6.33. The molecule has 1 N–H and O–H groups in total. The van der Waals surface area contributed by atoms with Gasteiger partial charge in [-0.25, -0.2) is 0 Å². The highest BCUT2D eigenvalue weighted by Crippen LogP contribution is 2.22. The number of halogens is 1. The highest BCUT2D eigenvalue weighted by Gasteiger charge is 2.10. The van der Waals surface area contributed by atoms with Gasteiger partial charge in [0.15, 0.2) is 0 Å². The van der Waals surface area contributed by atoms with E-state index in [9.17, 15) is 4.79 Å². The molecule has 0 aliphatic heterocycles. The summed E-state index contributed by atoms with van der Waals surface area (Å²) in [6.07, 6.45) is 0. The second kappa shape index (κ2) is 8.18. The van der Waals surface area contributed by atoms with Crippen molar-refractivity contribution in [2.45, 2.75) is 13.5 Å². The quantitative estimate of drug-likeness (QED) is 0.865. The Hall–Kier alpha value is -2.04. The minimum atomic E-state index is -0.0758. The van der Waals surface area contributed by atoms with Gasteiger partial charge in [-0.3, -0.25) is 9.69 Å². The van der Waals surface area contributed by atoms with E-state index in [2.05, 4.69) is 34.5 Å². The summed E-state index contributed by atoms with van der Waals surface area (Å²) in [7, 11) is 5.96. The number of nitrogens with zero attached hydrogens (tertiary/aromatic N) is 2. The number of benzene rings is 2. The number of rotatable bonds is 6. The summed E-state index contributed by atoms with van der Waals surface area (Å²) in [6, 6.07) is 13.9. The van der Waals surface area contributed by atoms with Crippen LogP contribution in [-0.2, 0) is 11.3 Å². The summed E-state index contributed by atoms with van der Waals surface area (Å²) in [6.45, 7) is 2.98. The van der Waals surface area contributed by atoms with Crippen molar-refractivity contribution in [1.82, 2.24) is 4.90 Å². The van der Waals surface area contributed by atoms with Crippen LogP contribution < -0.4 is 10.2 Å². The van der Waals surface area contributed by atoms with Crippen LogP contribution in [0.3, 0.4) is 0 Å². The Morgan fingerprint density at radius 2 is 1.75 bits per heavy atom. The lowest BCUT2D eigenvalue weighted by Gasteiger charge is -2.18. The second-order valence-electron chi connectivity index (χ2n) is 6.26. The number of anilines is 2. The zero-order chi connectivity index (χ0) is 17.7. The summed E-state index contributed by atoms with van der Waals surface area (Å²) in [4.78, 5) is 16.2. The maximum absolute atomic E-state index is 12.2. The van der Waals surface area contributed by atoms with Crippen LogP contribution in [0.15, 0.2) is 42.5 Å². The normalized spacial score (nSPS) is 10.8. The smallest absolute Gasteiger partial charge is 0.238 e. The molecule has 4 nitrogen and oxygen atoms in total. The van der Waals surface area contributed by atoms with Crippen molar-refractivity contribution in [3.05, 3.63) is 58.6 Å². The number of nitrogens with one attached hydrogen (secondary N) is 1. The Morgan fingerprint density at radius 3 is 2.33 bits per heavy atom. The third kappa shape index (κ3) is 5.25. The lowest BCUT2D eigenvalue weighted by Crippen LogP contribution is -2.29. The lowest BCUT2D eigenvalue weighted by molar-refractivity contribution is -0.117. The number of carbonyl (C=O) groups excluding carboxylic acids is 1. The van der Waals surface area contributed by atoms with Gasteiger partial charge in [0.1, 0.15) is 0 Å². The monoisotopic (exact) mass is 345 g/mol. The van der Waals surface area contributed by atoms with E-state index in [0.29, 0.717) is 23.8 Å². The summed E-state index contributed by atoms with van der Waals surface area (Å²) < 4.78 is 0. The van der Waals surface area contributed by atoms with Crippen molar-refractivity contribution in [1.29, 1.82) is 0 Å². The molecule has 0 fully saturated rings. The minimum absolute atomic E-state index is 0.0758. The Morgan fingerprint density at radius 1 is 1.08 bits per heavy atom. The highest BCUT2D eigenvalue weighted by atomic mass is 35.5. The molecule has 1 amide bonds. The predicted molar refractivity (Wildman–Crippen MR) is 102 cm³/mol. The SMILES string of the molecule is Cc1ccc(NC(=O)CN(C)Cc2ccc(N(C)C)cc2)c(Cl)c1. The molecular weight excluding hydrogens is 322 g/mol. The fourth-order valence-corrected chi connectivity index (χ4v) is 2.71. The first-order valence-corrected chi connectivity index (χ1v) is 8.24. The van der Waals surface area contributed by atoms with Gasteiger partial charge in [-0.1, -0.05) is 29.8 Å². The first-order chi connectivity index (χ1) is 11.3. The van der Waals surface area contributed by atoms with E-state index in [1.165, 1.54) is 5.56 Å². The number of likely N-dealkylation sites (N-methyl/N-ethyl adjacent to an activating group) is 1. The molecule has 0 bridgehead atoms. The fraction of sp³-hybridized carbons (Fsp3) is 0.316. The zero-order valence-corrected chi connectivity index (χ0v) is 15.4. The molecule has 2 aromatic rings. The van der Waals surface area contributed by atoms with Crippen molar-refractivity contribution in [2.24, 2.45) is 0 Å². The molecule has 24 heavy (non-hydrogen) atoms. The van der Waals surface area contributed by atoms with Gasteiger partial charge in [0.25, 0.3) is 0 Å². The molecule has 0 heterocycles. The van der Waals surface area contributed by atoms with Crippen LogP contribution >= 0.6 is 11.6 Å². The maximum Gasteiger partial charge on any atom is 0.238 e. The molecule has 0 aromatic heterocycles. The first kappa shape index (κ1) is 18.3. The van der Waals surface area contributed by atoms with Crippen molar-refractivity contribution >= 4 is 28.9 Å². The Kier molecular flexibility index (Phi) is 6.23. The first-order valence-electron chi connectivity index (χ1n) is 7.86. The van der Waals surface area contributed by atoms with Crippen molar-refractivity contribution < 1.29 is 4.79 Å². The van der Waals surface area contributed by atoms with Gasteiger partial charge in [0.05, 0.1) is 17.3 Å². The summed E-state index contributed by atoms with van der Waals surface area (Å²) in [5.74, 6) is -0.0758. The molecule has 0 saturated carbocycles. The fourth-order valence-electron chi connectivity index (χ4n) is 2.42. The average molecular weight is 346 g/mol. The van der Waals surface area contributed by atoms with Gasteiger partial charge in [-0.15, -0.1) is 0 Å². The maximum atomic E-state index is 12.2. The van der Waals surface area contributed by atoms with E-state index in [1.54, 1.807) is 0 Å². The summed E-state index contributed by atoms with van der Waals surface area (Å²) in [5, 5.41) is 3.42. The van der Waals surface area contributed by atoms with Crippen LogP contribution in [0.25, 0.3) is 0 Å². The Balaban J connectivity index is 1.89. The minimum Gasteiger partial charge on any atom is -0.378 e. The van der Waals surface area contributed by atoms with Crippen LogP contribution in [0.5, 0.6) is 0 Å². The third-order valence-electron chi connectivity index (χ3n) is 3.72. The van der Waals surface area contributed by atoms with Crippen LogP contribution in [0.2, 0.25) is 5.02 Å². The van der Waals surface area contributed by atoms with E-state index in [1.807, 2.05) is 51.2 Å². The molecule has 0 spiro atoms. The molecular formula is C19H24ClN3O. The standard InChI is InChI=1S/C19H24ClN3O/c1-14-5-10-18(17(20)11-14)21-19(24)13-23(4)12-15-6-8-16(9-7-15)22(2)3/h5-11H,12-13H2,1-4H3,(H,21,24). The molecule has 0 aliphatic rings. The topological polar surface area (TPSA) is 35.6 Å². The summed E-state index contributed by atoms with van der Waals surface area (Å²) >= 11 is 6.15. The molecule has 0 radical (unpaired) electrons. The van der Waals surface area contributed by atoms with Crippen LogP contribution in [-0.4, -0.2) is 38.5 Å². The van der Waals surface area contributed by atoms with Crippen LogP contribution in [0.1, 0.15) is 11.1 Å². The van der Waals surface area contributed by atoms with E-state index in [4.69, 9.17) is 11.6 Å². The van der Waals surface area contributed by atoms with Crippen LogP contribution in [0, 0.1) is 6.92 Å². The molecule has 5 heteroatoms. The van der Waals surface area contributed by atoms with Gasteiger partial charge in [-0.05, 0) is 49.4 Å². The lowest BCUT2D eigenvalue weighted by atomic mass is 10.2. The van der Waals surface area contributed by atoms with Crippen LogP contribution in [0.4, 0.5) is 11.4 Å². The van der Waals surface area contributed by atoms with Gasteiger partial charge in [-0.2, -0.15) is 0 Å². The van der Waals surface area contributed by atoms with Gasteiger partial charge >= 0.3 is 0 Å². The zero-order valence-electron chi connectivity index (χ0n) is 14.6. The summed E-state index contributed by atoms with van der Waals surface area (Å²) in [5.41, 5.74) is 4.05. The van der Waals surface area contributed by atoms with Crippen molar-refractivity contribution in [3.63, 3.8) is 0 Å². The third-order valence-corrected chi connectivity index (χ3v) is 4.03. The number of amides is 1. The molecule has 2 aromatic carbocycles. The van der Waals surface area contributed by atoms with Gasteiger partial charge < -0.3 is 10.2 Å². The van der Waals surface area contributed by atoms with Gasteiger partial charge in [0.2, 0.25) is 5.91 Å². The number of hydrogen-bond donors (Lipinski definition) is 1. The second-order valence-corrected chi connectivity index (χ2v) is 6.67. The van der Waals surface area contributed by atoms with E-state index in [-0.39, 0.29) is 5.91 Å². The molecule has 0 aliphatic carbocycles. The number of hydrogen-bond acceptors (Lipinski definition) is 3. The number of carbonyl (C=O) groups is 1. The molecule has 0 unspecified atom stereocenters. The molecule has 0 atom stereocenters. The van der Waals surface area contributed by atoms with Gasteiger partial charge in [0, 0.05) is 26.3 Å². The predicted octanol–water partition coefficient (Wildman–Crippen LogP) is 3.78. The Labute approximate surface area is 149 Å². The molecule has 128 valence electrons. The molecule has 2 rings (SSSR count). The van der Waals surface area contributed by atoms with Crippen molar-refractivity contribution in [3.8, 4) is 0 Å². The average Bonchev–Trinajstić information content (AvgIpc) is 2.50. The van der Waals surface area contributed by atoms with E-state index >= 15 is 0 Å². The molecule has 0 saturated heterocycles. The number of aryl methyl sites for hydroxylation is 1. The van der Waals surface area contributed by atoms with E-state index in [0.717, 1.165) is 11.3 Å². The Bertz CT molecular complexity index is 698.